The van der Waals surface area contributed by atoms with Crippen molar-refractivity contribution in [3.63, 3.8) is 0 Å². The first-order chi connectivity index (χ1) is 15.3. The van der Waals surface area contributed by atoms with Crippen molar-refractivity contribution in [3.05, 3.63) is 53.3 Å². The van der Waals surface area contributed by atoms with Crippen molar-refractivity contribution in [2.45, 2.75) is 52.6 Å². The first-order valence-electron chi connectivity index (χ1n) is 10.3. The molecule has 0 atom stereocenters. The second-order valence-electron chi connectivity index (χ2n) is 7.26. The van der Waals surface area contributed by atoms with Gasteiger partial charge >= 0.3 is 12.1 Å². The first kappa shape index (κ1) is 30.7. The Balaban J connectivity index is 0.000000588. The molecule has 188 valence electrons. The van der Waals surface area contributed by atoms with Crippen LogP contribution in [0.15, 0.2) is 47.7 Å². The van der Waals surface area contributed by atoms with E-state index in [-0.39, 0.29) is 23.1 Å². The molecule has 3 rings (SSSR count). The van der Waals surface area contributed by atoms with Crippen LogP contribution in [-0.4, -0.2) is 29.3 Å². The molecule has 1 aromatic rings. The highest BCUT2D eigenvalue weighted by atomic mass is 19.4. The summed E-state index contributed by atoms with van der Waals surface area (Å²) in [5, 5.41) is 18.8. The lowest BCUT2D eigenvalue weighted by atomic mass is 9.90. The number of nitrogens with zero attached hydrogens (tertiary/aromatic N) is 2. The van der Waals surface area contributed by atoms with E-state index in [2.05, 4.69) is 11.1 Å². The van der Waals surface area contributed by atoms with Gasteiger partial charge in [-0.1, -0.05) is 32.1 Å². The van der Waals surface area contributed by atoms with E-state index >= 15 is 0 Å². The molecule has 2 aliphatic carbocycles. The largest absolute Gasteiger partial charge is 0.455 e. The number of nitrogens with two attached hydrogens (primary N) is 1. The van der Waals surface area contributed by atoms with Crippen molar-refractivity contribution in [2.75, 3.05) is 17.6 Å². The highest BCUT2D eigenvalue weighted by molar-refractivity contribution is 6.10. The number of nitrogen functional groups attached to an aromatic ring is 1. The zero-order valence-electron chi connectivity index (χ0n) is 19.7. The molecule has 1 saturated carbocycles. The van der Waals surface area contributed by atoms with E-state index in [4.69, 9.17) is 16.4 Å². The average molecular weight is 487 g/mol. The predicted molar refractivity (Wildman–Crippen MR) is 125 cm³/mol. The molecule has 0 radical (unpaired) electrons. The highest BCUT2D eigenvalue weighted by Crippen LogP contribution is 2.52. The van der Waals surface area contributed by atoms with Crippen LogP contribution in [0.3, 0.4) is 0 Å². The third kappa shape index (κ3) is 7.66. The van der Waals surface area contributed by atoms with Crippen LogP contribution in [0.4, 0.5) is 33.5 Å². The van der Waals surface area contributed by atoms with Crippen molar-refractivity contribution in [3.8, 4) is 6.07 Å². The van der Waals surface area contributed by atoms with E-state index in [1.807, 2.05) is 50.4 Å². The SMILES string of the molecule is C/C=C1\C=CC(C2(C#N)CC2)=CC1=N.CC.Cc1cc(N)ncc1NCC(F)(F)C(F)(F)F.N. The van der Waals surface area contributed by atoms with E-state index in [0.29, 0.717) is 11.3 Å². The Morgan fingerprint density at radius 3 is 2.24 bits per heavy atom. The number of anilines is 2. The summed E-state index contributed by atoms with van der Waals surface area (Å²) in [5.41, 5.74) is 8.04. The second-order valence-corrected chi connectivity index (χ2v) is 7.26. The smallest absolute Gasteiger partial charge is 0.384 e. The zero-order chi connectivity index (χ0) is 25.4. The van der Waals surface area contributed by atoms with E-state index in [1.54, 1.807) is 0 Å². The minimum Gasteiger partial charge on any atom is -0.384 e. The molecular formula is C23H31F5N6. The van der Waals surface area contributed by atoms with E-state index in [0.717, 1.165) is 30.2 Å². The van der Waals surface area contributed by atoms with Gasteiger partial charge in [0.05, 0.1) is 35.6 Å². The monoisotopic (exact) mass is 486 g/mol. The molecule has 1 fully saturated rings. The number of allylic oxidation sites excluding steroid dienone is 6. The quantitative estimate of drug-likeness (QED) is 0.359. The van der Waals surface area contributed by atoms with Gasteiger partial charge in [0.2, 0.25) is 0 Å². The molecule has 11 heteroatoms. The number of aryl methyl sites for hydroxylation is 1. The van der Waals surface area contributed by atoms with Gasteiger partial charge in [0, 0.05) is 0 Å². The highest BCUT2D eigenvalue weighted by Gasteiger charge is 2.57. The molecule has 0 bridgehead atoms. The maximum Gasteiger partial charge on any atom is 0.455 e. The lowest BCUT2D eigenvalue weighted by Crippen LogP contribution is -2.42. The topological polar surface area (TPSA) is 134 Å². The van der Waals surface area contributed by atoms with Crippen molar-refractivity contribution >= 4 is 17.2 Å². The predicted octanol–water partition coefficient (Wildman–Crippen LogP) is 6.52. The maximum absolute atomic E-state index is 12.6. The van der Waals surface area contributed by atoms with Gasteiger partial charge < -0.3 is 22.6 Å². The van der Waals surface area contributed by atoms with Crippen molar-refractivity contribution in [2.24, 2.45) is 5.41 Å². The molecule has 0 spiro atoms. The Morgan fingerprint density at radius 2 is 1.82 bits per heavy atom. The fourth-order valence-corrected chi connectivity index (χ4v) is 2.76. The molecule has 0 aromatic carbocycles. The van der Waals surface area contributed by atoms with Gasteiger partial charge in [-0.15, -0.1) is 0 Å². The van der Waals surface area contributed by atoms with Crippen LogP contribution in [0.5, 0.6) is 0 Å². The number of nitriles is 1. The fraction of sp³-hybridized carbons (Fsp3) is 0.435. The number of halogens is 5. The average Bonchev–Trinajstić information content (AvgIpc) is 3.55. The van der Waals surface area contributed by atoms with E-state index in [9.17, 15) is 22.0 Å². The number of aromatic nitrogens is 1. The summed E-state index contributed by atoms with van der Waals surface area (Å²) in [5.74, 6) is -4.63. The molecule has 2 aliphatic rings. The number of rotatable bonds is 4. The lowest BCUT2D eigenvalue weighted by molar-refractivity contribution is -0.275. The standard InChI is InChI=1S/C12H12N2.C9H10F5N3.C2H6.H3N/c1-2-9-3-4-10(7-11(9)14)12(8-13)5-6-12;1-5-2-7(15)16-3-6(5)17-4-8(10,11)9(12,13)14;1-2;/h2-4,7,14H,5-6H2,1H3;2-3,17H,4H2,1H3,(H2,15,16);1-2H3;1H3/b9-2+,14-11?;;;. The van der Waals surface area contributed by atoms with Gasteiger partial charge in [0.15, 0.2) is 0 Å². The van der Waals surface area contributed by atoms with Crippen LogP contribution >= 0.6 is 0 Å². The summed E-state index contributed by atoms with van der Waals surface area (Å²) in [6.45, 7) is 5.90. The van der Waals surface area contributed by atoms with E-state index < -0.39 is 18.6 Å². The van der Waals surface area contributed by atoms with Crippen LogP contribution in [-0.2, 0) is 0 Å². The summed E-state index contributed by atoms with van der Waals surface area (Å²) in [6, 6.07) is 3.71. The first-order valence-corrected chi connectivity index (χ1v) is 10.3. The molecule has 0 unspecified atom stereocenters. The number of nitrogens with one attached hydrogen (secondary N) is 2. The Morgan fingerprint density at radius 1 is 1.24 bits per heavy atom. The molecule has 0 aliphatic heterocycles. The Kier molecular flexibility index (Phi) is 11.1. The normalized spacial score (nSPS) is 17.1. The molecule has 7 N–H and O–H groups in total. The number of hydrogen-bond donors (Lipinski definition) is 4. The van der Waals surface area contributed by atoms with Gasteiger partial charge in [0.1, 0.15) is 5.82 Å². The van der Waals surface area contributed by atoms with Crippen LogP contribution < -0.4 is 17.2 Å². The van der Waals surface area contributed by atoms with Crippen LogP contribution in [0.1, 0.15) is 39.2 Å². The third-order valence-corrected chi connectivity index (χ3v) is 4.93. The summed E-state index contributed by atoms with van der Waals surface area (Å²) in [4.78, 5) is 3.59. The van der Waals surface area contributed by atoms with Crippen LogP contribution in [0.2, 0.25) is 0 Å². The Hall–Kier alpha value is -3.26. The minimum atomic E-state index is -5.57. The van der Waals surface area contributed by atoms with Crippen molar-refractivity contribution < 1.29 is 22.0 Å². The molecular weight excluding hydrogens is 455 g/mol. The minimum absolute atomic E-state index is 0. The summed E-state index contributed by atoms with van der Waals surface area (Å²) >= 11 is 0. The Labute approximate surface area is 196 Å². The van der Waals surface area contributed by atoms with Crippen molar-refractivity contribution in [1.82, 2.24) is 11.1 Å². The molecule has 6 nitrogen and oxygen atoms in total. The van der Waals surface area contributed by atoms with E-state index in [1.165, 1.54) is 13.0 Å². The second kappa shape index (κ2) is 12.3. The maximum atomic E-state index is 12.6. The molecule has 0 saturated heterocycles. The van der Waals surface area contributed by atoms with Gasteiger partial charge in [0.25, 0.3) is 0 Å². The van der Waals surface area contributed by atoms with Gasteiger partial charge in [-0.25, -0.2) is 4.98 Å². The number of alkyl halides is 5. The van der Waals surface area contributed by atoms with Gasteiger partial charge in [-0.05, 0) is 55.5 Å². The summed E-state index contributed by atoms with van der Waals surface area (Å²) in [6.07, 6.45) is 5.06. The third-order valence-electron chi connectivity index (χ3n) is 4.93. The van der Waals surface area contributed by atoms with Gasteiger partial charge in [-0.3, -0.25) is 0 Å². The Bertz CT molecular complexity index is 983. The fourth-order valence-electron chi connectivity index (χ4n) is 2.76. The molecule has 34 heavy (non-hydrogen) atoms. The van der Waals surface area contributed by atoms with Gasteiger partial charge in [-0.2, -0.15) is 27.2 Å². The molecule has 1 aromatic heterocycles. The summed E-state index contributed by atoms with van der Waals surface area (Å²) < 4.78 is 60.8. The molecule has 0 amide bonds. The molecule has 1 heterocycles. The number of pyridine rings is 1. The van der Waals surface area contributed by atoms with Crippen LogP contribution in [0, 0.1) is 29.1 Å². The summed E-state index contributed by atoms with van der Waals surface area (Å²) in [7, 11) is 0. The lowest BCUT2D eigenvalue weighted by Gasteiger charge is -2.20. The zero-order valence-corrected chi connectivity index (χ0v) is 19.7. The van der Waals surface area contributed by atoms with Crippen LogP contribution in [0.25, 0.3) is 0 Å². The van der Waals surface area contributed by atoms with Crippen molar-refractivity contribution in [1.29, 1.82) is 10.7 Å². The number of hydrogen-bond acceptors (Lipinski definition) is 6.